The normalized spacial score (nSPS) is 11.8. The van der Waals surface area contributed by atoms with E-state index in [1.165, 1.54) is 60.1 Å². The van der Waals surface area contributed by atoms with Crippen LogP contribution in [-0.2, 0) is 20.8 Å². The molecule has 0 saturated carbocycles. The van der Waals surface area contributed by atoms with Gasteiger partial charge >= 0.3 is 37.9 Å². The van der Waals surface area contributed by atoms with E-state index in [1.54, 1.807) is 10.4 Å². The van der Waals surface area contributed by atoms with Crippen LogP contribution in [0.3, 0.4) is 0 Å². The predicted molar refractivity (Wildman–Crippen MR) is 209 cm³/mol. The van der Waals surface area contributed by atoms with Crippen molar-refractivity contribution in [2.24, 2.45) is 0 Å². The molecule has 1 aliphatic rings. The van der Waals surface area contributed by atoms with Crippen molar-refractivity contribution in [3.05, 3.63) is 127 Å². The Morgan fingerprint density at radius 3 is 1.91 bits per heavy atom. The number of benzene rings is 5. The maximum absolute atomic E-state index is 4.93. The molecule has 1 aliphatic heterocycles. The molecule has 0 bridgehead atoms. The Morgan fingerprint density at radius 1 is 0.652 bits per heavy atom. The molecule has 0 N–H and O–H groups in total. The molecular formula is C40H40Cl2Si3Zr. The Labute approximate surface area is 299 Å². The summed E-state index contributed by atoms with van der Waals surface area (Å²) >= 11 is -0.826. The van der Waals surface area contributed by atoms with Crippen LogP contribution in [0.15, 0.2) is 115 Å². The Balaban J connectivity index is 0.000000214. The zero-order valence-corrected chi connectivity index (χ0v) is 34.7. The maximum Gasteiger partial charge on any atom is 0.0920 e. The number of hydrogen-bond acceptors (Lipinski definition) is 0. The van der Waals surface area contributed by atoms with Gasteiger partial charge in [-0.2, -0.15) is 35.5 Å². The SMILES string of the molecule is Cc1cc2c(-c3cc([Si](C)(C)C)cc([Si](C)(C)C)c3)c(-c3ccccc3)ccc2[cH-]1.[Cl][Zr+2][Cl].[c-]1cccc2c1[Si]c1ccccc1-2. The number of halogens is 2. The molecule has 0 amide bonds. The average Bonchev–Trinajstić information content (AvgIpc) is 3.60. The molecule has 0 fully saturated rings. The van der Waals surface area contributed by atoms with Crippen molar-refractivity contribution >= 4 is 74.2 Å². The van der Waals surface area contributed by atoms with Gasteiger partial charge in [0.05, 0.1) is 25.7 Å². The molecule has 0 atom stereocenters. The topological polar surface area (TPSA) is 0 Å². The molecule has 0 aliphatic carbocycles. The minimum Gasteiger partial charge on any atom is -0.184 e. The van der Waals surface area contributed by atoms with E-state index in [4.69, 9.17) is 17.0 Å². The van der Waals surface area contributed by atoms with Crippen molar-refractivity contribution in [2.45, 2.75) is 46.2 Å². The van der Waals surface area contributed by atoms with Gasteiger partial charge in [0.15, 0.2) is 0 Å². The van der Waals surface area contributed by atoms with Crippen LogP contribution in [0.2, 0.25) is 39.3 Å². The van der Waals surface area contributed by atoms with Crippen LogP contribution < -0.4 is 20.7 Å². The summed E-state index contributed by atoms with van der Waals surface area (Å²) in [5.41, 5.74) is 9.52. The molecule has 6 heteroatoms. The Morgan fingerprint density at radius 2 is 1.26 bits per heavy atom. The second-order valence-corrected chi connectivity index (χ2v) is 29.1. The van der Waals surface area contributed by atoms with Gasteiger partial charge in [0.2, 0.25) is 0 Å². The number of rotatable bonds is 4. The van der Waals surface area contributed by atoms with Gasteiger partial charge in [-0.05, 0) is 16.7 Å². The molecule has 6 aromatic carbocycles. The Hall–Kier alpha value is -2.18. The summed E-state index contributed by atoms with van der Waals surface area (Å²) in [6.45, 7) is 17.0. The molecular weight excluding hydrogens is 727 g/mol. The third kappa shape index (κ3) is 8.09. The van der Waals surface area contributed by atoms with Gasteiger partial charge in [0, 0.05) is 0 Å². The maximum atomic E-state index is 4.93. The van der Waals surface area contributed by atoms with Gasteiger partial charge in [-0.15, -0.1) is 34.0 Å². The molecule has 0 saturated heterocycles. The second kappa shape index (κ2) is 14.9. The fraction of sp³-hybridized carbons (Fsp3) is 0.175. The summed E-state index contributed by atoms with van der Waals surface area (Å²) in [6, 6.07) is 45.9. The van der Waals surface area contributed by atoms with Crippen molar-refractivity contribution in [1.82, 2.24) is 0 Å². The molecule has 1 heterocycles. The average molecular weight is 767 g/mol. The van der Waals surface area contributed by atoms with Crippen LogP contribution in [0.4, 0.5) is 0 Å². The van der Waals surface area contributed by atoms with Gasteiger partial charge in [-0.25, -0.2) is 0 Å². The van der Waals surface area contributed by atoms with E-state index in [9.17, 15) is 0 Å². The summed E-state index contributed by atoms with van der Waals surface area (Å²) in [5, 5.41) is 8.68. The summed E-state index contributed by atoms with van der Waals surface area (Å²) in [6.07, 6.45) is 0. The van der Waals surface area contributed by atoms with E-state index in [2.05, 4.69) is 161 Å². The summed E-state index contributed by atoms with van der Waals surface area (Å²) in [5.74, 6) is 0. The molecule has 7 rings (SSSR count). The van der Waals surface area contributed by atoms with Crippen LogP contribution in [-0.4, -0.2) is 25.7 Å². The monoisotopic (exact) mass is 764 g/mol. The number of hydrogen-bond donors (Lipinski definition) is 0. The van der Waals surface area contributed by atoms with E-state index in [0.717, 1.165) is 9.52 Å². The smallest absolute Gasteiger partial charge is 0.0920 e. The van der Waals surface area contributed by atoms with Crippen LogP contribution in [0.5, 0.6) is 0 Å². The van der Waals surface area contributed by atoms with Crippen LogP contribution >= 0.6 is 17.0 Å². The molecule has 0 spiro atoms. The fourth-order valence-corrected chi connectivity index (χ4v) is 9.77. The van der Waals surface area contributed by atoms with Crippen molar-refractivity contribution in [3.63, 3.8) is 0 Å². The summed E-state index contributed by atoms with van der Waals surface area (Å²) in [4.78, 5) is 0. The van der Waals surface area contributed by atoms with E-state index < -0.39 is 37.0 Å². The van der Waals surface area contributed by atoms with E-state index >= 15 is 0 Å². The van der Waals surface area contributed by atoms with Gasteiger partial charge < -0.3 is 0 Å². The van der Waals surface area contributed by atoms with Gasteiger partial charge in [0.25, 0.3) is 0 Å². The van der Waals surface area contributed by atoms with E-state index in [0.29, 0.717) is 0 Å². The zero-order chi connectivity index (χ0) is 33.1. The van der Waals surface area contributed by atoms with Crippen LogP contribution in [0.1, 0.15) is 5.56 Å². The first-order valence-electron chi connectivity index (χ1n) is 15.7. The largest absolute Gasteiger partial charge is 0.184 e. The molecule has 0 aromatic heterocycles. The van der Waals surface area contributed by atoms with Crippen LogP contribution in [0.25, 0.3) is 44.2 Å². The Bertz CT molecular complexity index is 1870. The van der Waals surface area contributed by atoms with Crippen LogP contribution in [0, 0.1) is 13.0 Å². The minimum absolute atomic E-state index is 0.795. The molecule has 0 nitrogen and oxygen atoms in total. The van der Waals surface area contributed by atoms with Crippen molar-refractivity contribution in [2.75, 3.05) is 0 Å². The van der Waals surface area contributed by atoms with E-state index in [1.807, 2.05) is 6.07 Å². The standard InChI is InChI=1S/C28H33Si2.C12H7Si.2ClH.Zr/c1-20-15-22-13-14-26(21-11-9-8-10-12-21)28(27(22)16-20)23-17-24(29(2,3)4)19-25(18-23)30(5,6)7;1-3-7-11-9(5-1)10-6-2-4-8-12(10)13-11;;;/h8-19H,1-7H3;1-7H;2*1H;/q2*-1;;;+4/p-2. The van der Waals surface area contributed by atoms with Crippen molar-refractivity contribution < 1.29 is 20.8 Å². The first-order chi connectivity index (χ1) is 21.9. The number of fused-ring (bicyclic) bond motifs is 4. The second-order valence-electron chi connectivity index (χ2n) is 13.9. The van der Waals surface area contributed by atoms with Crippen molar-refractivity contribution in [3.8, 4) is 33.4 Å². The molecule has 230 valence electrons. The summed E-state index contributed by atoms with van der Waals surface area (Å²) in [7, 11) is 7.77. The van der Waals surface area contributed by atoms with Crippen molar-refractivity contribution in [1.29, 1.82) is 0 Å². The Kier molecular flexibility index (Phi) is 11.4. The summed E-state index contributed by atoms with van der Waals surface area (Å²) < 4.78 is 0. The quantitative estimate of drug-likeness (QED) is 0.124. The minimum atomic E-state index is -1.44. The first-order valence-corrected chi connectivity index (χ1v) is 30.0. The fourth-order valence-electron chi connectivity index (χ4n) is 5.97. The van der Waals surface area contributed by atoms with Gasteiger partial charge in [-0.3, -0.25) is 0 Å². The first kappa shape index (κ1) is 35.1. The van der Waals surface area contributed by atoms with E-state index in [-0.39, 0.29) is 0 Å². The molecule has 2 radical (unpaired) electrons. The number of aryl methyl sites for hydroxylation is 1. The third-order valence-corrected chi connectivity index (χ3v) is 13.8. The predicted octanol–water partition coefficient (Wildman–Crippen LogP) is 9.79. The molecule has 46 heavy (non-hydrogen) atoms. The molecule has 6 aromatic rings. The van der Waals surface area contributed by atoms with Gasteiger partial charge in [0.1, 0.15) is 0 Å². The molecule has 0 unspecified atom stereocenters. The zero-order valence-electron chi connectivity index (χ0n) is 27.7. The van der Waals surface area contributed by atoms with Gasteiger partial charge in [-0.1, -0.05) is 152 Å². The third-order valence-electron chi connectivity index (χ3n) is 8.41.